The van der Waals surface area contributed by atoms with Crippen molar-refractivity contribution in [2.75, 3.05) is 7.11 Å². The van der Waals surface area contributed by atoms with E-state index in [4.69, 9.17) is 9.47 Å². The molecule has 5 nitrogen and oxygen atoms in total. The third kappa shape index (κ3) is 5.20. The van der Waals surface area contributed by atoms with Gasteiger partial charge in [0.15, 0.2) is 6.10 Å². The van der Waals surface area contributed by atoms with Gasteiger partial charge in [0.05, 0.1) is 13.3 Å². The van der Waals surface area contributed by atoms with Crippen LogP contribution in [0, 0.1) is 0 Å². The van der Waals surface area contributed by atoms with Crippen LogP contribution >= 0.6 is 0 Å². The lowest BCUT2D eigenvalue weighted by Gasteiger charge is -2.13. The molecule has 0 aliphatic heterocycles. The van der Waals surface area contributed by atoms with Gasteiger partial charge in [-0.1, -0.05) is 42.5 Å². The molecule has 0 saturated heterocycles. The SMILES string of the molecule is COc1ccc(/C=N\NC(=O)[C@H](C)Oc2ccc(-c3ccccc3)cc2)cc1. The molecule has 0 aliphatic carbocycles. The molecule has 0 bridgehead atoms. The van der Waals surface area contributed by atoms with Gasteiger partial charge >= 0.3 is 0 Å². The molecule has 0 radical (unpaired) electrons. The van der Waals surface area contributed by atoms with Crippen LogP contribution in [0.15, 0.2) is 84.0 Å². The van der Waals surface area contributed by atoms with E-state index in [-0.39, 0.29) is 5.91 Å². The lowest BCUT2D eigenvalue weighted by Crippen LogP contribution is -2.33. The summed E-state index contributed by atoms with van der Waals surface area (Å²) >= 11 is 0. The second-order valence-electron chi connectivity index (χ2n) is 6.16. The van der Waals surface area contributed by atoms with Crippen LogP contribution in [-0.2, 0) is 4.79 Å². The minimum Gasteiger partial charge on any atom is -0.497 e. The number of carbonyl (C=O) groups is 1. The van der Waals surface area contributed by atoms with Gasteiger partial charge in [-0.3, -0.25) is 4.79 Å². The Labute approximate surface area is 164 Å². The number of hydrazone groups is 1. The zero-order chi connectivity index (χ0) is 19.8. The van der Waals surface area contributed by atoms with Crippen molar-refractivity contribution >= 4 is 12.1 Å². The summed E-state index contributed by atoms with van der Waals surface area (Å²) in [5.41, 5.74) is 5.57. The first-order valence-corrected chi connectivity index (χ1v) is 8.95. The fourth-order valence-corrected chi connectivity index (χ4v) is 2.57. The highest BCUT2D eigenvalue weighted by Gasteiger charge is 2.13. The van der Waals surface area contributed by atoms with Crippen LogP contribution < -0.4 is 14.9 Å². The molecular formula is C23H22N2O3. The molecule has 28 heavy (non-hydrogen) atoms. The van der Waals surface area contributed by atoms with E-state index >= 15 is 0 Å². The van der Waals surface area contributed by atoms with Crippen LogP contribution in [0.4, 0.5) is 0 Å². The minimum atomic E-state index is -0.671. The van der Waals surface area contributed by atoms with Crippen LogP contribution in [0.2, 0.25) is 0 Å². The molecular weight excluding hydrogens is 352 g/mol. The monoisotopic (exact) mass is 374 g/mol. The summed E-state index contributed by atoms with van der Waals surface area (Å²) in [5.74, 6) is 1.07. The highest BCUT2D eigenvalue weighted by molar-refractivity contribution is 5.84. The van der Waals surface area contributed by atoms with Gasteiger partial charge in [-0.05, 0) is 60.0 Å². The number of methoxy groups -OCH3 is 1. The summed E-state index contributed by atoms with van der Waals surface area (Å²) in [6, 6.07) is 25.1. The smallest absolute Gasteiger partial charge is 0.280 e. The van der Waals surface area contributed by atoms with E-state index in [0.29, 0.717) is 5.75 Å². The molecule has 3 aromatic rings. The minimum absolute atomic E-state index is 0.322. The van der Waals surface area contributed by atoms with Gasteiger partial charge in [-0.25, -0.2) is 5.43 Å². The Balaban J connectivity index is 1.52. The van der Waals surface area contributed by atoms with Gasteiger partial charge in [-0.2, -0.15) is 5.10 Å². The summed E-state index contributed by atoms with van der Waals surface area (Å²) in [6.45, 7) is 1.68. The average molecular weight is 374 g/mol. The standard InChI is InChI=1S/C23H22N2O3/c1-17(23(26)25-24-16-18-8-12-21(27-2)13-9-18)28-22-14-10-20(11-15-22)19-6-4-3-5-7-19/h3-17H,1-2H3,(H,25,26)/b24-16-/t17-/m0/s1. The number of amides is 1. The quantitative estimate of drug-likeness (QED) is 0.496. The van der Waals surface area contributed by atoms with Crippen molar-refractivity contribution in [3.05, 3.63) is 84.4 Å². The number of nitrogens with one attached hydrogen (secondary N) is 1. The van der Waals surface area contributed by atoms with E-state index in [1.54, 1.807) is 20.2 Å². The zero-order valence-corrected chi connectivity index (χ0v) is 15.8. The summed E-state index contributed by atoms with van der Waals surface area (Å²) in [5, 5.41) is 3.97. The fourth-order valence-electron chi connectivity index (χ4n) is 2.57. The maximum absolute atomic E-state index is 12.2. The summed E-state index contributed by atoms with van der Waals surface area (Å²) in [4.78, 5) is 12.2. The van der Waals surface area contributed by atoms with Crippen molar-refractivity contribution in [3.63, 3.8) is 0 Å². The van der Waals surface area contributed by atoms with Gasteiger partial charge in [-0.15, -0.1) is 0 Å². The Kier molecular flexibility index (Phi) is 6.41. The van der Waals surface area contributed by atoms with Crippen molar-refractivity contribution in [2.45, 2.75) is 13.0 Å². The Bertz CT molecular complexity index is 920. The summed E-state index contributed by atoms with van der Waals surface area (Å²) in [7, 11) is 1.61. The molecule has 0 saturated carbocycles. The average Bonchev–Trinajstić information content (AvgIpc) is 2.75. The molecule has 0 fully saturated rings. The molecule has 0 aliphatic rings. The molecule has 0 unspecified atom stereocenters. The number of nitrogens with zero attached hydrogens (tertiary/aromatic N) is 1. The van der Waals surface area contributed by atoms with Crippen LogP contribution in [0.25, 0.3) is 11.1 Å². The van der Waals surface area contributed by atoms with Crippen LogP contribution in [0.1, 0.15) is 12.5 Å². The van der Waals surface area contributed by atoms with Crippen LogP contribution in [0.5, 0.6) is 11.5 Å². The van der Waals surface area contributed by atoms with Gasteiger partial charge in [0.1, 0.15) is 11.5 Å². The van der Waals surface area contributed by atoms with Gasteiger partial charge < -0.3 is 9.47 Å². The largest absolute Gasteiger partial charge is 0.497 e. The van der Waals surface area contributed by atoms with Gasteiger partial charge in [0.25, 0.3) is 5.91 Å². The normalized spacial score (nSPS) is 11.8. The van der Waals surface area contributed by atoms with E-state index in [2.05, 4.69) is 10.5 Å². The third-order valence-corrected chi connectivity index (χ3v) is 4.15. The lowest BCUT2D eigenvalue weighted by atomic mass is 10.1. The van der Waals surface area contributed by atoms with Crippen molar-refractivity contribution in [2.24, 2.45) is 5.10 Å². The first-order chi connectivity index (χ1) is 13.7. The first-order valence-electron chi connectivity index (χ1n) is 8.95. The Hall–Kier alpha value is -3.60. The second kappa shape index (κ2) is 9.37. The van der Waals surface area contributed by atoms with Crippen LogP contribution in [-0.4, -0.2) is 25.3 Å². The topological polar surface area (TPSA) is 59.9 Å². The van der Waals surface area contributed by atoms with Gasteiger partial charge in [0.2, 0.25) is 0 Å². The Morgan fingerprint density at radius 3 is 2.14 bits per heavy atom. The molecule has 3 aromatic carbocycles. The third-order valence-electron chi connectivity index (χ3n) is 4.15. The predicted molar refractivity (Wildman–Crippen MR) is 111 cm³/mol. The molecule has 0 spiro atoms. The number of hydrogen-bond donors (Lipinski definition) is 1. The van der Waals surface area contributed by atoms with E-state index in [1.807, 2.05) is 78.9 Å². The molecule has 0 aromatic heterocycles. The molecule has 1 N–H and O–H groups in total. The number of ether oxygens (including phenoxy) is 2. The molecule has 5 heteroatoms. The molecule has 3 rings (SSSR count). The maximum atomic E-state index is 12.2. The van der Waals surface area contributed by atoms with E-state index in [1.165, 1.54) is 0 Å². The number of carbonyl (C=O) groups excluding carboxylic acids is 1. The van der Waals surface area contributed by atoms with Crippen molar-refractivity contribution < 1.29 is 14.3 Å². The Morgan fingerprint density at radius 2 is 1.50 bits per heavy atom. The fraction of sp³-hybridized carbons (Fsp3) is 0.130. The first kappa shape index (κ1) is 19.2. The van der Waals surface area contributed by atoms with Crippen molar-refractivity contribution in [3.8, 4) is 22.6 Å². The number of benzene rings is 3. The predicted octanol–water partition coefficient (Wildman–Crippen LogP) is 4.28. The molecule has 0 heterocycles. The number of hydrogen-bond acceptors (Lipinski definition) is 4. The van der Waals surface area contributed by atoms with E-state index in [9.17, 15) is 4.79 Å². The second-order valence-corrected chi connectivity index (χ2v) is 6.16. The summed E-state index contributed by atoms with van der Waals surface area (Å²) < 4.78 is 10.8. The Morgan fingerprint density at radius 1 is 0.893 bits per heavy atom. The molecule has 1 atom stereocenters. The van der Waals surface area contributed by atoms with E-state index in [0.717, 1.165) is 22.4 Å². The van der Waals surface area contributed by atoms with E-state index < -0.39 is 6.10 Å². The molecule has 142 valence electrons. The highest BCUT2D eigenvalue weighted by atomic mass is 16.5. The maximum Gasteiger partial charge on any atom is 0.280 e. The zero-order valence-electron chi connectivity index (χ0n) is 15.8. The molecule has 1 amide bonds. The summed E-state index contributed by atoms with van der Waals surface area (Å²) in [6.07, 6.45) is 0.897. The van der Waals surface area contributed by atoms with Crippen LogP contribution in [0.3, 0.4) is 0 Å². The lowest BCUT2D eigenvalue weighted by molar-refractivity contribution is -0.127. The van der Waals surface area contributed by atoms with Gasteiger partial charge in [0, 0.05) is 0 Å². The number of rotatable bonds is 7. The highest BCUT2D eigenvalue weighted by Crippen LogP contribution is 2.22. The van der Waals surface area contributed by atoms with Crippen molar-refractivity contribution in [1.29, 1.82) is 0 Å². The van der Waals surface area contributed by atoms with Crippen molar-refractivity contribution in [1.82, 2.24) is 5.43 Å².